The number of carbonyl (C=O) groups excluding carboxylic acids is 1. The first-order chi connectivity index (χ1) is 14.5. The lowest BCUT2D eigenvalue weighted by Gasteiger charge is -2.34. The third kappa shape index (κ3) is 6.95. The molecule has 1 aliphatic heterocycles. The van der Waals surface area contributed by atoms with Crippen molar-refractivity contribution in [2.75, 3.05) is 18.5 Å². The van der Waals surface area contributed by atoms with Crippen molar-refractivity contribution < 1.29 is 18.7 Å². The maximum Gasteiger partial charge on any atom is 0.410 e. The highest BCUT2D eigenvalue weighted by molar-refractivity contribution is 5.68. The van der Waals surface area contributed by atoms with Crippen molar-refractivity contribution in [2.45, 2.75) is 84.7 Å². The first-order valence-corrected chi connectivity index (χ1v) is 10.7. The van der Waals surface area contributed by atoms with Crippen molar-refractivity contribution in [2.24, 2.45) is 0 Å². The zero-order chi connectivity index (χ0) is 22.6. The molecule has 0 saturated carbocycles. The molecular weight excluding hydrogens is 400 g/mol. The summed E-state index contributed by atoms with van der Waals surface area (Å²) in [6, 6.07) is 0.0468. The fraction of sp³-hybridized carbons (Fsp3) is 0.714. The average molecular weight is 435 g/mol. The fourth-order valence-corrected chi connectivity index (χ4v) is 3.13. The predicted octanol–water partition coefficient (Wildman–Crippen LogP) is 3.22. The Balaban J connectivity index is 1.45. The number of ether oxygens (including phenoxy) is 2. The highest BCUT2D eigenvalue weighted by Gasteiger charge is 2.28. The molecule has 1 fully saturated rings. The minimum absolute atomic E-state index is 0.0468. The molecule has 3 heterocycles. The molecule has 0 aromatic carbocycles. The molecule has 2 aromatic rings. The van der Waals surface area contributed by atoms with Crippen LogP contribution in [-0.2, 0) is 28.1 Å². The molecule has 1 saturated heterocycles. The summed E-state index contributed by atoms with van der Waals surface area (Å²) in [5, 5.41) is 8.64. The lowest BCUT2D eigenvalue weighted by atomic mass is 9.94. The molecule has 1 N–H and O–H groups in total. The number of aromatic nitrogens is 4. The number of oxazole rings is 1. The van der Waals surface area contributed by atoms with E-state index in [2.05, 4.69) is 41.4 Å². The number of hydrogen-bond acceptors (Lipinski definition) is 8. The first kappa shape index (κ1) is 23.1. The third-order valence-electron chi connectivity index (χ3n) is 4.68. The van der Waals surface area contributed by atoms with Gasteiger partial charge in [-0.1, -0.05) is 25.7 Å². The van der Waals surface area contributed by atoms with Gasteiger partial charge in [-0.05, 0) is 33.6 Å². The standard InChI is InChI=1S/C21H34N6O4/c1-20(2,3)17-11-22-18(30-17)14-29-13-16-10-23-27(25-16)24-15-8-7-9-26(12-15)19(28)31-21(4,5)6/h10-11,15,24H,7-9,12-14H2,1-6H3/t15-/m1/s1. The maximum atomic E-state index is 12.3. The van der Waals surface area contributed by atoms with E-state index in [1.54, 1.807) is 17.3 Å². The van der Waals surface area contributed by atoms with Gasteiger partial charge in [-0.15, -0.1) is 10.2 Å². The molecule has 0 aliphatic carbocycles. The van der Waals surface area contributed by atoms with E-state index in [1.165, 1.54) is 4.91 Å². The Morgan fingerprint density at radius 2 is 2.00 bits per heavy atom. The van der Waals surface area contributed by atoms with E-state index >= 15 is 0 Å². The van der Waals surface area contributed by atoms with Gasteiger partial charge in [0.15, 0.2) is 0 Å². The van der Waals surface area contributed by atoms with E-state index < -0.39 is 5.60 Å². The Morgan fingerprint density at radius 3 is 2.68 bits per heavy atom. The van der Waals surface area contributed by atoms with Gasteiger partial charge in [-0.3, -0.25) is 5.43 Å². The van der Waals surface area contributed by atoms with E-state index in [1.807, 2.05) is 20.8 Å². The summed E-state index contributed by atoms with van der Waals surface area (Å²) in [5.74, 6) is 1.37. The zero-order valence-corrected chi connectivity index (χ0v) is 19.3. The Morgan fingerprint density at radius 1 is 1.23 bits per heavy atom. The maximum absolute atomic E-state index is 12.3. The minimum atomic E-state index is -0.505. The Hall–Kier alpha value is -2.62. The van der Waals surface area contributed by atoms with Crippen molar-refractivity contribution in [1.82, 2.24) is 25.0 Å². The Kier molecular flexibility index (Phi) is 6.88. The molecule has 1 aliphatic rings. The van der Waals surface area contributed by atoms with E-state index in [0.717, 1.165) is 18.6 Å². The monoisotopic (exact) mass is 434 g/mol. The Bertz CT molecular complexity index is 864. The van der Waals surface area contributed by atoms with Crippen LogP contribution < -0.4 is 5.43 Å². The van der Waals surface area contributed by atoms with Crippen LogP contribution in [0.5, 0.6) is 0 Å². The second-order valence-corrected chi connectivity index (χ2v) is 9.88. The normalized spacial score (nSPS) is 17.6. The molecule has 1 atom stereocenters. The summed E-state index contributed by atoms with van der Waals surface area (Å²) in [6.07, 6.45) is 4.91. The second-order valence-electron chi connectivity index (χ2n) is 9.88. The van der Waals surface area contributed by atoms with Gasteiger partial charge < -0.3 is 18.8 Å². The summed E-state index contributed by atoms with van der Waals surface area (Å²) in [5.41, 5.74) is 3.34. The number of hydrogen-bond donors (Lipinski definition) is 1. The Labute approximate surface area is 183 Å². The van der Waals surface area contributed by atoms with Gasteiger partial charge in [0.25, 0.3) is 0 Å². The van der Waals surface area contributed by atoms with Gasteiger partial charge in [0.05, 0.1) is 25.0 Å². The van der Waals surface area contributed by atoms with Crippen molar-refractivity contribution in [3.8, 4) is 0 Å². The summed E-state index contributed by atoms with van der Waals surface area (Å²) >= 11 is 0. The number of carbonyl (C=O) groups is 1. The highest BCUT2D eigenvalue weighted by atomic mass is 16.6. The summed E-state index contributed by atoms with van der Waals surface area (Å²) in [7, 11) is 0. The highest BCUT2D eigenvalue weighted by Crippen LogP contribution is 2.23. The van der Waals surface area contributed by atoms with E-state index in [4.69, 9.17) is 13.9 Å². The molecule has 1 amide bonds. The van der Waals surface area contributed by atoms with Crippen molar-refractivity contribution in [3.63, 3.8) is 0 Å². The largest absolute Gasteiger partial charge is 0.444 e. The molecule has 0 unspecified atom stereocenters. The van der Waals surface area contributed by atoms with Crippen LogP contribution in [0.15, 0.2) is 16.8 Å². The van der Waals surface area contributed by atoms with Crippen LogP contribution in [0.25, 0.3) is 0 Å². The molecule has 2 aromatic heterocycles. The lowest BCUT2D eigenvalue weighted by Crippen LogP contribution is -2.48. The predicted molar refractivity (Wildman–Crippen MR) is 114 cm³/mol. The number of nitrogens with one attached hydrogen (secondary N) is 1. The van der Waals surface area contributed by atoms with Crippen molar-refractivity contribution >= 4 is 6.09 Å². The number of nitrogens with zero attached hydrogens (tertiary/aromatic N) is 5. The lowest BCUT2D eigenvalue weighted by molar-refractivity contribution is 0.0201. The number of rotatable bonds is 6. The first-order valence-electron chi connectivity index (χ1n) is 10.7. The summed E-state index contributed by atoms with van der Waals surface area (Å²) in [6.45, 7) is 13.6. The topological polar surface area (TPSA) is 108 Å². The summed E-state index contributed by atoms with van der Waals surface area (Å²) < 4.78 is 16.9. The van der Waals surface area contributed by atoms with Crippen LogP contribution in [-0.4, -0.2) is 55.8 Å². The van der Waals surface area contributed by atoms with Crippen LogP contribution >= 0.6 is 0 Å². The molecule has 172 valence electrons. The molecule has 0 radical (unpaired) electrons. The summed E-state index contributed by atoms with van der Waals surface area (Å²) in [4.78, 5) is 19.7. The molecule has 10 nitrogen and oxygen atoms in total. The smallest absolute Gasteiger partial charge is 0.410 e. The average Bonchev–Trinajstić information content (AvgIpc) is 3.30. The third-order valence-corrected chi connectivity index (χ3v) is 4.68. The van der Waals surface area contributed by atoms with Gasteiger partial charge in [0.1, 0.15) is 23.7 Å². The second kappa shape index (κ2) is 9.25. The van der Waals surface area contributed by atoms with Gasteiger partial charge in [0, 0.05) is 18.5 Å². The van der Waals surface area contributed by atoms with Crippen LogP contribution in [0.3, 0.4) is 0 Å². The molecule has 0 bridgehead atoms. The number of likely N-dealkylation sites (tertiary alicyclic amines) is 1. The van der Waals surface area contributed by atoms with Gasteiger partial charge >= 0.3 is 6.09 Å². The van der Waals surface area contributed by atoms with Gasteiger partial charge in [-0.2, -0.15) is 0 Å². The van der Waals surface area contributed by atoms with Crippen LogP contribution in [0.2, 0.25) is 0 Å². The van der Waals surface area contributed by atoms with Gasteiger partial charge in [-0.25, -0.2) is 9.78 Å². The number of amides is 1. The molecule has 31 heavy (non-hydrogen) atoms. The van der Waals surface area contributed by atoms with E-state index in [9.17, 15) is 4.79 Å². The number of piperidine rings is 1. The minimum Gasteiger partial charge on any atom is -0.444 e. The van der Waals surface area contributed by atoms with E-state index in [0.29, 0.717) is 31.3 Å². The van der Waals surface area contributed by atoms with E-state index in [-0.39, 0.29) is 24.2 Å². The van der Waals surface area contributed by atoms with Crippen LogP contribution in [0.1, 0.15) is 71.7 Å². The SMILES string of the molecule is CC(C)(C)OC(=O)N1CCC[C@@H](Nn2ncc(COCc3ncc(C(C)(C)C)o3)n2)C1. The fourth-order valence-electron chi connectivity index (χ4n) is 3.13. The molecule has 0 spiro atoms. The molecular formula is C21H34N6O4. The van der Waals surface area contributed by atoms with Crippen molar-refractivity contribution in [1.29, 1.82) is 0 Å². The van der Waals surface area contributed by atoms with Gasteiger partial charge in [0.2, 0.25) is 5.89 Å². The zero-order valence-electron chi connectivity index (χ0n) is 19.3. The quantitative estimate of drug-likeness (QED) is 0.738. The molecule has 10 heteroatoms. The van der Waals surface area contributed by atoms with Crippen molar-refractivity contribution in [3.05, 3.63) is 29.7 Å². The van der Waals surface area contributed by atoms with Crippen LogP contribution in [0.4, 0.5) is 4.79 Å². The van der Waals surface area contributed by atoms with Crippen LogP contribution in [0, 0.1) is 0 Å². The molecule has 3 rings (SSSR count).